The smallest absolute Gasteiger partial charge is 0.118 e. The summed E-state index contributed by atoms with van der Waals surface area (Å²) in [4.78, 5) is 2.43. The third-order valence-corrected chi connectivity index (χ3v) is 3.71. The van der Waals surface area contributed by atoms with Crippen LogP contribution in [0, 0.1) is 5.92 Å². The van der Waals surface area contributed by atoms with Gasteiger partial charge in [-0.15, -0.1) is 0 Å². The van der Waals surface area contributed by atoms with Crippen molar-refractivity contribution in [3.63, 3.8) is 0 Å². The Hall–Kier alpha value is -1.06. The van der Waals surface area contributed by atoms with Crippen LogP contribution in [-0.4, -0.2) is 31.6 Å². The molecule has 0 bridgehead atoms. The van der Waals surface area contributed by atoms with Gasteiger partial charge in [-0.3, -0.25) is 0 Å². The zero-order chi connectivity index (χ0) is 14.3. The van der Waals surface area contributed by atoms with Crippen LogP contribution in [0.5, 0.6) is 5.75 Å². The van der Waals surface area contributed by atoms with Crippen LogP contribution >= 0.6 is 0 Å². The van der Waals surface area contributed by atoms with Crippen LogP contribution in [0.25, 0.3) is 0 Å². The maximum atomic E-state index is 6.30. The zero-order valence-corrected chi connectivity index (χ0v) is 12.7. The highest BCUT2D eigenvalue weighted by atomic mass is 16.5. The van der Waals surface area contributed by atoms with Crippen molar-refractivity contribution in [2.45, 2.75) is 33.2 Å². The molecule has 1 aromatic carbocycles. The Bertz CT molecular complexity index is 350. The first-order valence-corrected chi connectivity index (χ1v) is 7.22. The average molecular weight is 264 g/mol. The van der Waals surface area contributed by atoms with Gasteiger partial charge >= 0.3 is 0 Å². The van der Waals surface area contributed by atoms with Crippen LogP contribution in [0.1, 0.15) is 38.8 Å². The summed E-state index contributed by atoms with van der Waals surface area (Å²) in [6.45, 7) is 9.81. The van der Waals surface area contributed by atoms with Crippen molar-refractivity contribution in [3.8, 4) is 5.75 Å². The molecule has 3 heteroatoms. The summed E-state index contributed by atoms with van der Waals surface area (Å²) in [5.74, 6) is 1.60. The molecule has 0 aliphatic rings. The number of benzene rings is 1. The number of rotatable bonds is 8. The van der Waals surface area contributed by atoms with Gasteiger partial charge in [-0.25, -0.2) is 0 Å². The van der Waals surface area contributed by atoms with Crippen molar-refractivity contribution >= 4 is 0 Å². The van der Waals surface area contributed by atoms with E-state index in [9.17, 15) is 0 Å². The molecule has 0 heterocycles. The van der Waals surface area contributed by atoms with Crippen molar-refractivity contribution in [1.29, 1.82) is 0 Å². The third kappa shape index (κ3) is 5.21. The molecule has 0 aliphatic carbocycles. The topological polar surface area (TPSA) is 38.5 Å². The number of methoxy groups -OCH3 is 1. The molecule has 3 nitrogen and oxygen atoms in total. The molecule has 0 aliphatic heterocycles. The lowest BCUT2D eigenvalue weighted by molar-refractivity contribution is 0.232. The van der Waals surface area contributed by atoms with Gasteiger partial charge in [-0.2, -0.15) is 0 Å². The first kappa shape index (κ1) is 16.0. The quantitative estimate of drug-likeness (QED) is 0.784. The van der Waals surface area contributed by atoms with E-state index in [1.165, 1.54) is 12.0 Å². The first-order valence-electron chi connectivity index (χ1n) is 7.22. The van der Waals surface area contributed by atoms with Crippen molar-refractivity contribution < 1.29 is 4.74 Å². The van der Waals surface area contributed by atoms with Crippen LogP contribution in [-0.2, 0) is 0 Å². The van der Waals surface area contributed by atoms with Crippen LogP contribution in [0.15, 0.2) is 24.3 Å². The third-order valence-electron chi connectivity index (χ3n) is 3.71. The fourth-order valence-corrected chi connectivity index (χ4v) is 2.14. The molecule has 0 aromatic heterocycles. The molecule has 0 amide bonds. The Kier molecular flexibility index (Phi) is 6.89. The highest BCUT2D eigenvalue weighted by Gasteiger charge is 2.13. The van der Waals surface area contributed by atoms with E-state index < -0.39 is 0 Å². The summed E-state index contributed by atoms with van der Waals surface area (Å²) >= 11 is 0. The molecule has 19 heavy (non-hydrogen) atoms. The molecule has 1 rings (SSSR count). The lowest BCUT2D eigenvalue weighted by Crippen LogP contribution is -2.35. The van der Waals surface area contributed by atoms with Crippen molar-refractivity contribution in [3.05, 3.63) is 29.8 Å². The minimum Gasteiger partial charge on any atom is -0.497 e. The Labute approximate surface area is 117 Å². The Morgan fingerprint density at radius 2 is 1.79 bits per heavy atom. The summed E-state index contributed by atoms with van der Waals surface area (Å²) in [5, 5.41) is 0. The maximum absolute atomic E-state index is 6.30. The maximum Gasteiger partial charge on any atom is 0.118 e. The minimum absolute atomic E-state index is 0.0647. The standard InChI is InChI=1S/C16H28N2O/c1-5-13(3)11-18(6-2)12-16(17)14-7-9-15(19-4)10-8-14/h7-10,13,16H,5-6,11-12,17H2,1-4H3. The fraction of sp³-hybridized carbons (Fsp3) is 0.625. The minimum atomic E-state index is 0.0647. The summed E-state index contributed by atoms with van der Waals surface area (Å²) in [6.07, 6.45) is 1.22. The molecular formula is C16H28N2O. The molecule has 0 fully saturated rings. The monoisotopic (exact) mass is 264 g/mol. The Morgan fingerprint density at radius 1 is 1.16 bits per heavy atom. The van der Waals surface area contributed by atoms with Crippen molar-refractivity contribution in [2.75, 3.05) is 26.7 Å². The molecule has 0 spiro atoms. The van der Waals surface area contributed by atoms with Crippen molar-refractivity contribution in [1.82, 2.24) is 4.90 Å². The zero-order valence-electron chi connectivity index (χ0n) is 12.7. The van der Waals surface area contributed by atoms with Crippen LogP contribution in [0.3, 0.4) is 0 Å². The summed E-state index contributed by atoms with van der Waals surface area (Å²) in [5.41, 5.74) is 7.47. The molecule has 108 valence electrons. The predicted octanol–water partition coefficient (Wildman–Crippen LogP) is 3.06. The second kappa shape index (κ2) is 8.18. The molecule has 0 radical (unpaired) electrons. The molecule has 0 saturated heterocycles. The molecule has 0 saturated carbocycles. The van der Waals surface area contributed by atoms with Gasteiger partial charge in [0.05, 0.1) is 7.11 Å². The normalized spacial score (nSPS) is 14.4. The van der Waals surface area contributed by atoms with E-state index in [1.54, 1.807) is 7.11 Å². The Balaban J connectivity index is 2.57. The van der Waals surface area contributed by atoms with Gasteiger partial charge in [0.1, 0.15) is 5.75 Å². The molecular weight excluding hydrogens is 236 g/mol. The first-order chi connectivity index (χ1) is 9.10. The van der Waals surface area contributed by atoms with Crippen LogP contribution in [0.2, 0.25) is 0 Å². The lowest BCUT2D eigenvalue weighted by atomic mass is 10.1. The van der Waals surface area contributed by atoms with Gasteiger partial charge in [-0.1, -0.05) is 39.3 Å². The molecule has 2 N–H and O–H groups in total. The largest absolute Gasteiger partial charge is 0.497 e. The van der Waals surface area contributed by atoms with E-state index in [0.717, 1.165) is 31.3 Å². The van der Waals surface area contributed by atoms with Gasteiger partial charge in [0, 0.05) is 19.1 Å². The highest BCUT2D eigenvalue weighted by molar-refractivity contribution is 5.29. The van der Waals surface area contributed by atoms with E-state index >= 15 is 0 Å². The van der Waals surface area contributed by atoms with E-state index in [0.29, 0.717) is 0 Å². The number of ether oxygens (including phenoxy) is 1. The van der Waals surface area contributed by atoms with E-state index in [4.69, 9.17) is 10.5 Å². The van der Waals surface area contributed by atoms with Gasteiger partial charge in [0.15, 0.2) is 0 Å². The molecule has 1 aromatic rings. The van der Waals surface area contributed by atoms with Crippen molar-refractivity contribution in [2.24, 2.45) is 11.7 Å². The van der Waals surface area contributed by atoms with Gasteiger partial charge < -0.3 is 15.4 Å². The summed E-state index contributed by atoms with van der Waals surface area (Å²) in [6, 6.07) is 8.12. The van der Waals surface area contributed by atoms with Crippen LogP contribution in [0.4, 0.5) is 0 Å². The van der Waals surface area contributed by atoms with E-state index in [2.05, 4.69) is 37.8 Å². The summed E-state index contributed by atoms with van der Waals surface area (Å²) < 4.78 is 5.17. The highest BCUT2D eigenvalue weighted by Crippen LogP contribution is 2.17. The second-order valence-corrected chi connectivity index (χ2v) is 5.25. The summed E-state index contributed by atoms with van der Waals surface area (Å²) in [7, 11) is 1.68. The number of hydrogen-bond acceptors (Lipinski definition) is 3. The number of hydrogen-bond donors (Lipinski definition) is 1. The Morgan fingerprint density at radius 3 is 2.26 bits per heavy atom. The number of nitrogens with two attached hydrogens (primary N) is 1. The van der Waals surface area contributed by atoms with Gasteiger partial charge in [-0.05, 0) is 30.2 Å². The van der Waals surface area contributed by atoms with E-state index in [1.807, 2.05) is 12.1 Å². The number of likely N-dealkylation sites (N-methyl/N-ethyl adjacent to an activating group) is 1. The van der Waals surface area contributed by atoms with Gasteiger partial charge in [0.25, 0.3) is 0 Å². The second-order valence-electron chi connectivity index (χ2n) is 5.25. The lowest BCUT2D eigenvalue weighted by Gasteiger charge is -2.27. The SMILES string of the molecule is CCC(C)CN(CC)CC(N)c1ccc(OC)cc1. The fourth-order valence-electron chi connectivity index (χ4n) is 2.14. The van der Waals surface area contributed by atoms with Gasteiger partial charge in [0.2, 0.25) is 0 Å². The average Bonchev–Trinajstić information content (AvgIpc) is 2.46. The predicted molar refractivity (Wildman–Crippen MR) is 81.5 cm³/mol. The molecule has 2 unspecified atom stereocenters. The van der Waals surface area contributed by atoms with E-state index in [-0.39, 0.29) is 6.04 Å². The molecule has 2 atom stereocenters. The number of nitrogens with zero attached hydrogens (tertiary/aromatic N) is 1. The van der Waals surface area contributed by atoms with Crippen LogP contribution < -0.4 is 10.5 Å².